The maximum atomic E-state index is 8.74. The minimum Gasteiger partial charge on any atom is -0.450 e. The molecule has 12 heteroatoms. The molecule has 0 unspecified atom stereocenters. The van der Waals surface area contributed by atoms with Gasteiger partial charge in [-0.3, -0.25) is 9.11 Å². The Morgan fingerprint density at radius 1 is 1.07 bits per heavy atom. The fourth-order valence-electron chi connectivity index (χ4n) is 0. The summed E-state index contributed by atoms with van der Waals surface area (Å²) >= 11 is 14.4. The third kappa shape index (κ3) is 2940. The highest BCUT2D eigenvalue weighted by Crippen LogP contribution is 2.03. The Labute approximate surface area is 111 Å². The van der Waals surface area contributed by atoms with E-state index in [1.807, 2.05) is 0 Å². The normalized spacial score (nSPS) is 8.43. The lowest BCUT2D eigenvalue weighted by Crippen LogP contribution is -1.89. The van der Waals surface area contributed by atoms with Gasteiger partial charge >= 0.3 is 39.6 Å². The molecule has 0 atom stereocenters. The first kappa shape index (κ1) is 24.1. The summed E-state index contributed by atoms with van der Waals surface area (Å²) in [4.78, 5) is 8.56. The van der Waals surface area contributed by atoms with Crippen LogP contribution < -0.4 is 0 Å². The van der Waals surface area contributed by atoms with Crippen molar-refractivity contribution in [2.45, 2.75) is 4.30 Å². The maximum absolute atomic E-state index is 8.74. The van der Waals surface area contributed by atoms with Crippen molar-refractivity contribution in [2.75, 3.05) is 0 Å². The highest BCUT2D eigenvalue weighted by Gasteiger charge is 1.84. The van der Waals surface area contributed by atoms with E-state index in [0.717, 1.165) is 0 Å². The zero-order valence-electron chi connectivity index (χ0n) is 5.63. The van der Waals surface area contributed by atoms with Gasteiger partial charge in [0.15, 0.2) is 4.30 Å². The fraction of sp³-hybridized carbons (Fsp3) is 0.500. The second-order valence-electron chi connectivity index (χ2n) is 0.978. The van der Waals surface area contributed by atoms with Crippen molar-refractivity contribution in [3.8, 4) is 0 Å². The Morgan fingerprint density at radius 2 is 1.07 bits per heavy atom. The van der Waals surface area contributed by atoms with Gasteiger partial charge in [-0.25, -0.2) is 4.79 Å². The number of carboxylic acid groups (broad SMARTS) is 2. The molecule has 0 aliphatic carbocycles. The molecule has 0 aromatic carbocycles. The molecular weight excluding hydrogens is 299 g/mol. The SMILES string of the molecule is ClC(Cl)Cl.O=C(O)O.O=S(=O)(O)O.[MgH2]. The van der Waals surface area contributed by atoms with Crippen LogP contribution >= 0.6 is 34.8 Å². The lowest BCUT2D eigenvalue weighted by atomic mass is 11.5. The summed E-state index contributed by atoms with van der Waals surface area (Å²) in [7, 11) is -4.67. The molecule has 0 spiro atoms. The standard InChI is InChI=1S/CHCl3.CH2O3.Mg.H2O4S.2H/c2*2-1(3)4;;1-5(2,3)4;;/h1H;(H2,2,3,4);;(H2,1,2,3,4);;. The number of carbonyl (C=O) groups is 1. The van der Waals surface area contributed by atoms with Crippen LogP contribution in [0.15, 0.2) is 0 Å². The zero-order chi connectivity index (χ0) is 11.7. The van der Waals surface area contributed by atoms with E-state index in [9.17, 15) is 0 Å². The average molecular weight is 306 g/mol. The molecule has 0 amide bonds. The van der Waals surface area contributed by atoms with Crippen molar-refractivity contribution in [2.24, 2.45) is 0 Å². The number of hydrogen-bond donors (Lipinski definition) is 4. The number of alkyl halides is 3. The second kappa shape index (κ2) is 13.8. The van der Waals surface area contributed by atoms with Gasteiger partial charge in [0.1, 0.15) is 0 Å². The van der Waals surface area contributed by atoms with E-state index in [-0.39, 0.29) is 23.1 Å². The zero-order valence-corrected chi connectivity index (χ0v) is 8.72. The summed E-state index contributed by atoms with van der Waals surface area (Å²) in [6, 6.07) is 0. The van der Waals surface area contributed by atoms with Gasteiger partial charge in [-0.15, -0.1) is 0 Å². The minimum atomic E-state index is -4.67. The molecular formula is C2H7Cl3MgO7S. The van der Waals surface area contributed by atoms with Crippen LogP contribution in [0.3, 0.4) is 0 Å². The second-order valence-corrected chi connectivity index (χ2v) is 3.85. The quantitative estimate of drug-likeness (QED) is 0.293. The van der Waals surface area contributed by atoms with E-state index in [0.29, 0.717) is 0 Å². The Hall–Kier alpha value is 0.776. The van der Waals surface area contributed by atoms with Crippen LogP contribution in [0.4, 0.5) is 4.79 Å². The molecule has 0 aliphatic heterocycles. The molecule has 86 valence electrons. The van der Waals surface area contributed by atoms with Crippen molar-refractivity contribution >= 4 is 74.4 Å². The molecule has 0 rings (SSSR count). The van der Waals surface area contributed by atoms with Crippen LogP contribution in [0.2, 0.25) is 0 Å². The number of hydrogen-bond acceptors (Lipinski definition) is 3. The van der Waals surface area contributed by atoms with E-state index in [1.165, 1.54) is 0 Å². The maximum Gasteiger partial charge on any atom is 0.503 e. The van der Waals surface area contributed by atoms with E-state index >= 15 is 0 Å². The summed E-state index contributed by atoms with van der Waals surface area (Å²) in [5.74, 6) is 0. The summed E-state index contributed by atoms with van der Waals surface area (Å²) in [5, 5.41) is 13.9. The van der Waals surface area contributed by atoms with Crippen LogP contribution in [0.25, 0.3) is 0 Å². The van der Waals surface area contributed by atoms with E-state index in [1.54, 1.807) is 0 Å². The molecule has 4 N–H and O–H groups in total. The minimum absolute atomic E-state index is 0. The largest absolute Gasteiger partial charge is 0.503 e. The molecule has 0 aliphatic rings. The highest BCUT2D eigenvalue weighted by molar-refractivity contribution is 7.79. The van der Waals surface area contributed by atoms with Gasteiger partial charge in [-0.05, 0) is 0 Å². The Kier molecular flexibility index (Phi) is 23.8. The first-order valence-corrected chi connectivity index (χ1v) is 4.71. The monoisotopic (exact) mass is 304 g/mol. The molecule has 0 fully saturated rings. The van der Waals surface area contributed by atoms with Crippen LogP contribution in [0, 0.1) is 0 Å². The van der Waals surface area contributed by atoms with Crippen molar-refractivity contribution in [1.82, 2.24) is 0 Å². The van der Waals surface area contributed by atoms with Gasteiger partial charge in [0.05, 0.1) is 0 Å². The smallest absolute Gasteiger partial charge is 0.450 e. The van der Waals surface area contributed by atoms with Crippen molar-refractivity contribution in [3.05, 3.63) is 0 Å². The topological polar surface area (TPSA) is 132 Å². The van der Waals surface area contributed by atoms with Crippen molar-refractivity contribution in [1.29, 1.82) is 0 Å². The van der Waals surface area contributed by atoms with Gasteiger partial charge in [-0.2, -0.15) is 8.42 Å². The Morgan fingerprint density at radius 3 is 1.07 bits per heavy atom. The Bertz CT molecular complexity index is 200. The summed E-state index contributed by atoms with van der Waals surface area (Å²) in [5.41, 5.74) is 0. The fourth-order valence-corrected chi connectivity index (χ4v) is 0. The molecule has 0 bridgehead atoms. The van der Waals surface area contributed by atoms with Crippen molar-refractivity contribution in [3.63, 3.8) is 0 Å². The first-order chi connectivity index (χ1) is 5.46. The van der Waals surface area contributed by atoms with Crippen molar-refractivity contribution < 1.29 is 32.5 Å². The molecule has 0 heterocycles. The van der Waals surface area contributed by atoms with Crippen LogP contribution in [-0.4, -0.2) is 61.2 Å². The van der Waals surface area contributed by atoms with Gasteiger partial charge in [0.2, 0.25) is 0 Å². The van der Waals surface area contributed by atoms with Crippen LogP contribution in [-0.2, 0) is 10.4 Å². The predicted molar refractivity (Wildman–Crippen MR) is 54.7 cm³/mol. The predicted octanol–water partition coefficient (Wildman–Crippen LogP) is 0.640. The summed E-state index contributed by atoms with van der Waals surface area (Å²) in [6.45, 7) is 0. The lowest BCUT2D eigenvalue weighted by Gasteiger charge is -1.69. The van der Waals surface area contributed by atoms with Gasteiger partial charge < -0.3 is 10.2 Å². The highest BCUT2D eigenvalue weighted by atomic mass is 35.6. The van der Waals surface area contributed by atoms with Gasteiger partial charge in [0.25, 0.3) is 0 Å². The lowest BCUT2D eigenvalue weighted by molar-refractivity contribution is 0.137. The molecule has 0 radical (unpaired) electrons. The first-order valence-electron chi connectivity index (χ1n) is 2.00. The van der Waals surface area contributed by atoms with E-state index < -0.39 is 20.8 Å². The van der Waals surface area contributed by atoms with E-state index in [2.05, 4.69) is 0 Å². The molecule has 0 aromatic rings. The molecule has 7 nitrogen and oxygen atoms in total. The molecule has 0 aromatic heterocycles. The molecule has 14 heavy (non-hydrogen) atoms. The average Bonchev–Trinajstić information content (AvgIpc) is 1.50. The van der Waals surface area contributed by atoms with Gasteiger partial charge in [0, 0.05) is 0 Å². The number of halogens is 3. The number of rotatable bonds is 0. The molecule has 0 saturated carbocycles. The summed E-state index contributed by atoms with van der Waals surface area (Å²) < 4.78 is 30.8. The molecule has 0 saturated heterocycles. The third-order valence-electron chi connectivity index (χ3n) is 0. The van der Waals surface area contributed by atoms with Crippen LogP contribution in [0.1, 0.15) is 0 Å². The summed E-state index contributed by atoms with van der Waals surface area (Å²) in [6.07, 6.45) is -1.83. The third-order valence-corrected chi connectivity index (χ3v) is 0. The van der Waals surface area contributed by atoms with Gasteiger partial charge in [-0.1, -0.05) is 34.8 Å². The Balaban J connectivity index is -0.0000000522. The van der Waals surface area contributed by atoms with E-state index in [4.69, 9.17) is 67.3 Å². The van der Waals surface area contributed by atoms with Crippen LogP contribution in [0.5, 0.6) is 0 Å².